The number of rotatable bonds is 8. The highest BCUT2D eigenvalue weighted by atomic mass is 16.5. The smallest absolute Gasteiger partial charge is 0.239 e. The monoisotopic (exact) mass is 292 g/mol. The lowest BCUT2D eigenvalue weighted by Crippen LogP contribution is -2.29. The van der Waals surface area contributed by atoms with Gasteiger partial charge in [-0.05, 0) is 30.9 Å². The molecule has 1 aliphatic carbocycles. The van der Waals surface area contributed by atoms with Gasteiger partial charge in [-0.25, -0.2) is 0 Å². The third-order valence-corrected chi connectivity index (χ3v) is 3.12. The second-order valence-electron chi connectivity index (χ2n) is 5.79. The van der Waals surface area contributed by atoms with Crippen molar-refractivity contribution in [3.8, 4) is 5.88 Å². The van der Waals surface area contributed by atoms with Crippen LogP contribution in [0.25, 0.3) is 0 Å². The predicted octanol–water partition coefficient (Wildman–Crippen LogP) is 1.64. The number of nitrogen functional groups attached to an aromatic ring is 1. The number of amides is 1. The number of anilines is 2. The first-order valence-corrected chi connectivity index (χ1v) is 7.47. The Bertz CT molecular complexity index is 487. The maximum atomic E-state index is 11.5. The zero-order chi connectivity index (χ0) is 15.2. The molecule has 0 aromatic carbocycles. The number of pyridine rings is 1. The van der Waals surface area contributed by atoms with Gasteiger partial charge in [0.15, 0.2) is 0 Å². The van der Waals surface area contributed by atoms with Gasteiger partial charge in [0, 0.05) is 19.0 Å². The Kier molecular flexibility index (Phi) is 5.25. The average molecular weight is 292 g/mol. The van der Waals surface area contributed by atoms with Gasteiger partial charge in [-0.2, -0.15) is 4.98 Å². The van der Waals surface area contributed by atoms with Crippen LogP contribution in [0, 0.1) is 11.8 Å². The van der Waals surface area contributed by atoms with Crippen LogP contribution in [0.5, 0.6) is 5.88 Å². The molecule has 0 spiro atoms. The van der Waals surface area contributed by atoms with E-state index in [1.165, 1.54) is 0 Å². The molecule has 4 N–H and O–H groups in total. The third-order valence-electron chi connectivity index (χ3n) is 3.12. The van der Waals surface area contributed by atoms with Crippen molar-refractivity contribution in [2.24, 2.45) is 11.8 Å². The predicted molar refractivity (Wildman–Crippen MR) is 83.2 cm³/mol. The van der Waals surface area contributed by atoms with Crippen molar-refractivity contribution < 1.29 is 9.53 Å². The summed E-state index contributed by atoms with van der Waals surface area (Å²) in [5, 5.41) is 6.05. The lowest BCUT2D eigenvalue weighted by Gasteiger charge is -2.12. The van der Waals surface area contributed by atoms with Gasteiger partial charge in [-0.3, -0.25) is 4.79 Å². The summed E-state index contributed by atoms with van der Waals surface area (Å²) in [6, 6.07) is 3.58. The quantitative estimate of drug-likeness (QED) is 0.634. The number of ether oxygens (including phenoxy) is 1. The molecule has 1 aromatic heterocycles. The van der Waals surface area contributed by atoms with E-state index < -0.39 is 0 Å². The standard InChI is InChI=1S/C15H24N4O2/c1-10(2)9-21-15-12(16)5-6-13(19-15)17-7-8-18-14(20)11-3-4-11/h5-6,10-11H,3-4,7-9,16H2,1-2H3,(H,17,19)(H,18,20). The van der Waals surface area contributed by atoms with Crippen LogP contribution in [0.4, 0.5) is 11.5 Å². The number of carbonyl (C=O) groups is 1. The molecule has 6 heteroatoms. The second kappa shape index (κ2) is 7.15. The van der Waals surface area contributed by atoms with Crippen molar-refractivity contribution >= 4 is 17.4 Å². The molecule has 1 heterocycles. The molecular formula is C15H24N4O2. The van der Waals surface area contributed by atoms with E-state index >= 15 is 0 Å². The first-order chi connectivity index (χ1) is 10.1. The van der Waals surface area contributed by atoms with Crippen LogP contribution in [0.3, 0.4) is 0 Å². The van der Waals surface area contributed by atoms with Gasteiger partial charge in [-0.1, -0.05) is 13.8 Å². The molecule has 1 amide bonds. The summed E-state index contributed by atoms with van der Waals surface area (Å²) in [5.74, 6) is 1.97. The molecule has 0 aliphatic heterocycles. The largest absolute Gasteiger partial charge is 0.476 e. The maximum absolute atomic E-state index is 11.5. The van der Waals surface area contributed by atoms with Crippen LogP contribution in [-0.2, 0) is 4.79 Å². The Hall–Kier alpha value is -1.98. The van der Waals surface area contributed by atoms with Crippen molar-refractivity contribution in [3.05, 3.63) is 12.1 Å². The van der Waals surface area contributed by atoms with E-state index in [-0.39, 0.29) is 11.8 Å². The Morgan fingerprint density at radius 2 is 2.19 bits per heavy atom. The zero-order valence-electron chi connectivity index (χ0n) is 12.7. The highest BCUT2D eigenvalue weighted by Crippen LogP contribution is 2.28. The molecule has 0 unspecified atom stereocenters. The molecule has 0 atom stereocenters. The fourth-order valence-electron chi connectivity index (χ4n) is 1.78. The van der Waals surface area contributed by atoms with Gasteiger partial charge in [0.1, 0.15) is 5.82 Å². The van der Waals surface area contributed by atoms with E-state index in [9.17, 15) is 4.79 Å². The van der Waals surface area contributed by atoms with E-state index in [1.54, 1.807) is 12.1 Å². The Labute approximate surface area is 125 Å². The van der Waals surface area contributed by atoms with Gasteiger partial charge < -0.3 is 21.1 Å². The molecule has 0 radical (unpaired) electrons. The van der Waals surface area contributed by atoms with Crippen molar-refractivity contribution in [2.45, 2.75) is 26.7 Å². The fraction of sp³-hybridized carbons (Fsp3) is 0.600. The lowest BCUT2D eigenvalue weighted by molar-refractivity contribution is -0.122. The van der Waals surface area contributed by atoms with Crippen LogP contribution in [-0.4, -0.2) is 30.6 Å². The van der Waals surface area contributed by atoms with Crippen molar-refractivity contribution in [1.82, 2.24) is 10.3 Å². The van der Waals surface area contributed by atoms with Gasteiger partial charge in [0.2, 0.25) is 11.8 Å². The molecule has 1 aliphatic rings. The van der Waals surface area contributed by atoms with Gasteiger partial charge >= 0.3 is 0 Å². The summed E-state index contributed by atoms with van der Waals surface area (Å²) < 4.78 is 5.58. The number of nitrogens with one attached hydrogen (secondary N) is 2. The fourth-order valence-corrected chi connectivity index (χ4v) is 1.78. The third kappa shape index (κ3) is 5.13. The van der Waals surface area contributed by atoms with E-state index in [4.69, 9.17) is 10.5 Å². The van der Waals surface area contributed by atoms with Gasteiger partial charge in [-0.15, -0.1) is 0 Å². The van der Waals surface area contributed by atoms with Crippen LogP contribution < -0.4 is 21.1 Å². The van der Waals surface area contributed by atoms with E-state index in [0.717, 1.165) is 12.8 Å². The van der Waals surface area contributed by atoms with Gasteiger partial charge in [0.05, 0.1) is 12.3 Å². The molecule has 0 bridgehead atoms. The zero-order valence-corrected chi connectivity index (χ0v) is 12.7. The summed E-state index contributed by atoms with van der Waals surface area (Å²) in [6.07, 6.45) is 2.05. The number of hydrogen-bond donors (Lipinski definition) is 3. The molecule has 0 saturated heterocycles. The molecule has 116 valence electrons. The maximum Gasteiger partial charge on any atom is 0.239 e. The summed E-state index contributed by atoms with van der Waals surface area (Å²) >= 11 is 0. The summed E-state index contributed by atoms with van der Waals surface area (Å²) in [5.41, 5.74) is 6.37. The number of nitrogens with two attached hydrogens (primary N) is 1. The Morgan fingerprint density at radius 3 is 2.86 bits per heavy atom. The number of nitrogens with zero attached hydrogens (tertiary/aromatic N) is 1. The van der Waals surface area contributed by atoms with Crippen LogP contribution >= 0.6 is 0 Å². The van der Waals surface area contributed by atoms with Crippen LogP contribution in [0.15, 0.2) is 12.1 Å². The molecule has 6 nitrogen and oxygen atoms in total. The van der Waals surface area contributed by atoms with Crippen molar-refractivity contribution in [3.63, 3.8) is 0 Å². The molecule has 21 heavy (non-hydrogen) atoms. The van der Waals surface area contributed by atoms with E-state index in [1.807, 2.05) is 0 Å². The Balaban J connectivity index is 1.76. The van der Waals surface area contributed by atoms with Gasteiger partial charge in [0.25, 0.3) is 0 Å². The molecule has 1 fully saturated rings. The topological polar surface area (TPSA) is 89.3 Å². The first kappa shape index (κ1) is 15.4. The van der Waals surface area contributed by atoms with E-state index in [0.29, 0.717) is 43.0 Å². The number of aromatic nitrogens is 1. The molecule has 1 aromatic rings. The van der Waals surface area contributed by atoms with Crippen molar-refractivity contribution in [2.75, 3.05) is 30.7 Å². The summed E-state index contributed by atoms with van der Waals surface area (Å²) in [6.45, 7) is 5.93. The minimum absolute atomic E-state index is 0.156. The normalized spacial score (nSPS) is 14.0. The minimum Gasteiger partial charge on any atom is -0.476 e. The van der Waals surface area contributed by atoms with Crippen LogP contribution in [0.1, 0.15) is 26.7 Å². The molecule has 1 saturated carbocycles. The highest BCUT2D eigenvalue weighted by Gasteiger charge is 2.28. The molecular weight excluding hydrogens is 268 g/mol. The lowest BCUT2D eigenvalue weighted by atomic mass is 10.2. The highest BCUT2D eigenvalue weighted by molar-refractivity contribution is 5.80. The molecule has 2 rings (SSSR count). The summed E-state index contributed by atoms with van der Waals surface area (Å²) in [7, 11) is 0. The Morgan fingerprint density at radius 1 is 1.43 bits per heavy atom. The number of hydrogen-bond acceptors (Lipinski definition) is 5. The minimum atomic E-state index is 0.156. The van der Waals surface area contributed by atoms with Crippen molar-refractivity contribution in [1.29, 1.82) is 0 Å². The van der Waals surface area contributed by atoms with E-state index in [2.05, 4.69) is 29.5 Å². The van der Waals surface area contributed by atoms with Crippen LogP contribution in [0.2, 0.25) is 0 Å². The summed E-state index contributed by atoms with van der Waals surface area (Å²) in [4.78, 5) is 15.8. The second-order valence-corrected chi connectivity index (χ2v) is 5.79. The average Bonchev–Trinajstić information content (AvgIpc) is 3.28. The number of carbonyl (C=O) groups excluding carboxylic acids is 1. The SMILES string of the molecule is CC(C)COc1nc(NCCNC(=O)C2CC2)ccc1N. The first-order valence-electron chi connectivity index (χ1n) is 7.47.